The third-order valence-corrected chi connectivity index (χ3v) is 6.16. The third kappa shape index (κ3) is 3.85. The van der Waals surface area contributed by atoms with Gasteiger partial charge in [-0.1, -0.05) is 48.0 Å². The molecule has 1 fully saturated rings. The van der Waals surface area contributed by atoms with Crippen molar-refractivity contribution in [1.29, 1.82) is 0 Å². The number of nitrogens with zero attached hydrogens (tertiary/aromatic N) is 4. The number of piperazine rings is 1. The third-order valence-electron chi connectivity index (χ3n) is 5.80. The van der Waals surface area contributed by atoms with E-state index in [0.717, 1.165) is 43.8 Å². The Bertz CT molecular complexity index is 1260. The average Bonchev–Trinajstić information content (AvgIpc) is 3.27. The van der Waals surface area contributed by atoms with Crippen LogP contribution in [0.4, 0.5) is 11.7 Å². The highest BCUT2D eigenvalue weighted by atomic mass is 35.5. The number of para-hydroxylation sites is 2. The van der Waals surface area contributed by atoms with Crippen molar-refractivity contribution in [3.63, 3.8) is 0 Å². The van der Waals surface area contributed by atoms with Gasteiger partial charge < -0.3 is 19.5 Å². The van der Waals surface area contributed by atoms with Crippen molar-refractivity contribution in [3.05, 3.63) is 53.6 Å². The highest BCUT2D eigenvalue weighted by molar-refractivity contribution is 6.36. The number of aromatic hydroxyl groups is 2. The van der Waals surface area contributed by atoms with Crippen LogP contribution in [0.5, 0.6) is 11.5 Å². The van der Waals surface area contributed by atoms with E-state index in [9.17, 15) is 10.2 Å². The lowest BCUT2D eigenvalue weighted by atomic mass is 10.1. The van der Waals surface area contributed by atoms with E-state index in [1.807, 2.05) is 24.3 Å². The second kappa shape index (κ2) is 8.68. The highest BCUT2D eigenvalue weighted by Gasteiger charge is 2.21. The molecule has 1 aliphatic rings. The molecular formula is C24H23ClN4O3. The van der Waals surface area contributed by atoms with Gasteiger partial charge in [-0.3, -0.25) is 9.89 Å². The van der Waals surface area contributed by atoms with Gasteiger partial charge in [0, 0.05) is 49.7 Å². The van der Waals surface area contributed by atoms with Crippen molar-refractivity contribution >= 4 is 51.4 Å². The van der Waals surface area contributed by atoms with Gasteiger partial charge in [0.2, 0.25) is 0 Å². The molecule has 164 valence electrons. The van der Waals surface area contributed by atoms with Gasteiger partial charge in [0.1, 0.15) is 22.0 Å². The molecule has 4 aromatic rings. The lowest BCUT2D eigenvalue weighted by Crippen LogP contribution is -2.46. The number of fused-ring (bicyclic) bond motifs is 2. The Labute approximate surface area is 190 Å². The minimum atomic E-state index is -0.0671. The summed E-state index contributed by atoms with van der Waals surface area (Å²) in [5.41, 5.74) is 1.88. The molecule has 0 radical (unpaired) electrons. The van der Waals surface area contributed by atoms with Gasteiger partial charge >= 0.3 is 0 Å². The monoisotopic (exact) mass is 450 g/mol. The van der Waals surface area contributed by atoms with Gasteiger partial charge in [-0.05, 0) is 18.6 Å². The minimum Gasteiger partial charge on any atom is -0.506 e. The van der Waals surface area contributed by atoms with E-state index in [4.69, 9.17) is 16.0 Å². The molecule has 2 heterocycles. The predicted molar refractivity (Wildman–Crippen MR) is 128 cm³/mol. The van der Waals surface area contributed by atoms with Crippen molar-refractivity contribution in [3.8, 4) is 11.5 Å². The molecule has 0 atom stereocenters. The van der Waals surface area contributed by atoms with Crippen LogP contribution >= 0.6 is 11.6 Å². The first kappa shape index (κ1) is 20.6. The highest BCUT2D eigenvalue weighted by Crippen LogP contribution is 2.47. The van der Waals surface area contributed by atoms with Crippen LogP contribution in [0.15, 0.2) is 57.9 Å². The number of oxazole rings is 1. The molecule has 8 heteroatoms. The second-order valence-electron chi connectivity index (χ2n) is 7.80. The van der Waals surface area contributed by atoms with Crippen molar-refractivity contribution in [2.45, 2.75) is 6.42 Å². The van der Waals surface area contributed by atoms with Gasteiger partial charge in [0.15, 0.2) is 11.3 Å². The van der Waals surface area contributed by atoms with Crippen LogP contribution in [0, 0.1) is 0 Å². The van der Waals surface area contributed by atoms with Crippen molar-refractivity contribution in [2.75, 3.05) is 37.6 Å². The van der Waals surface area contributed by atoms with Crippen molar-refractivity contribution in [2.24, 2.45) is 4.99 Å². The fourth-order valence-electron chi connectivity index (χ4n) is 4.03. The summed E-state index contributed by atoms with van der Waals surface area (Å²) >= 11 is 6.25. The number of aromatic nitrogens is 1. The summed E-state index contributed by atoms with van der Waals surface area (Å²) in [5.74, 6) is -0.0888. The number of aliphatic imine (C=N–C) groups is 1. The Morgan fingerprint density at radius 1 is 0.969 bits per heavy atom. The van der Waals surface area contributed by atoms with Gasteiger partial charge in [0.05, 0.1) is 0 Å². The lowest BCUT2D eigenvalue weighted by Gasteiger charge is -2.33. The number of hydrogen-bond acceptors (Lipinski definition) is 7. The molecule has 3 aromatic carbocycles. The molecule has 1 aromatic heterocycles. The largest absolute Gasteiger partial charge is 0.506 e. The first-order valence-corrected chi connectivity index (χ1v) is 11.0. The Hall–Kier alpha value is -3.29. The zero-order chi connectivity index (χ0) is 22.1. The Morgan fingerprint density at radius 3 is 2.41 bits per heavy atom. The number of rotatable bonds is 5. The van der Waals surface area contributed by atoms with Crippen LogP contribution in [-0.2, 0) is 0 Å². The van der Waals surface area contributed by atoms with E-state index in [1.54, 1.807) is 30.5 Å². The summed E-state index contributed by atoms with van der Waals surface area (Å²) in [4.78, 5) is 13.5. The fraction of sp³-hybridized carbons (Fsp3) is 0.250. The average molecular weight is 451 g/mol. The first-order chi connectivity index (χ1) is 15.6. The van der Waals surface area contributed by atoms with E-state index in [2.05, 4.69) is 19.8 Å². The molecule has 32 heavy (non-hydrogen) atoms. The van der Waals surface area contributed by atoms with Gasteiger partial charge in [-0.25, -0.2) is 0 Å². The smallest absolute Gasteiger partial charge is 0.298 e. The summed E-state index contributed by atoms with van der Waals surface area (Å²) in [6, 6.07) is 15.5. The Morgan fingerprint density at radius 2 is 1.66 bits per heavy atom. The number of anilines is 1. The molecule has 0 unspecified atom stereocenters. The van der Waals surface area contributed by atoms with E-state index in [-0.39, 0.29) is 22.2 Å². The maximum Gasteiger partial charge on any atom is 0.298 e. The number of phenols is 2. The van der Waals surface area contributed by atoms with Crippen molar-refractivity contribution < 1.29 is 14.6 Å². The van der Waals surface area contributed by atoms with Crippen LogP contribution in [-0.4, -0.2) is 59.0 Å². The first-order valence-electron chi connectivity index (χ1n) is 10.6. The van der Waals surface area contributed by atoms with Crippen LogP contribution in [0.25, 0.3) is 21.9 Å². The van der Waals surface area contributed by atoms with Crippen LogP contribution in [0.3, 0.4) is 0 Å². The molecule has 0 aliphatic carbocycles. The van der Waals surface area contributed by atoms with Crippen LogP contribution < -0.4 is 4.90 Å². The maximum absolute atomic E-state index is 10.6. The second-order valence-corrected chi connectivity index (χ2v) is 8.18. The molecule has 0 saturated carbocycles. The maximum atomic E-state index is 10.6. The molecule has 7 nitrogen and oxygen atoms in total. The van der Waals surface area contributed by atoms with Crippen LogP contribution in [0.1, 0.15) is 6.42 Å². The van der Waals surface area contributed by atoms with Crippen molar-refractivity contribution in [1.82, 2.24) is 9.88 Å². The number of hydrogen-bond donors (Lipinski definition) is 2. The van der Waals surface area contributed by atoms with E-state index >= 15 is 0 Å². The normalized spacial score (nSPS) is 15.3. The molecule has 0 spiro atoms. The molecule has 2 N–H and O–H groups in total. The molecule has 0 amide bonds. The molecule has 1 saturated heterocycles. The Kier molecular flexibility index (Phi) is 5.59. The number of benzene rings is 3. The zero-order valence-electron chi connectivity index (χ0n) is 17.4. The van der Waals surface area contributed by atoms with Gasteiger partial charge in [0.25, 0.3) is 6.01 Å². The van der Waals surface area contributed by atoms with E-state index in [0.29, 0.717) is 23.2 Å². The topological polar surface area (TPSA) is 85.3 Å². The fourth-order valence-corrected chi connectivity index (χ4v) is 4.27. The van der Waals surface area contributed by atoms with Gasteiger partial charge in [-0.15, -0.1) is 0 Å². The van der Waals surface area contributed by atoms with Gasteiger partial charge in [-0.2, -0.15) is 4.98 Å². The summed E-state index contributed by atoms with van der Waals surface area (Å²) < 4.78 is 5.87. The number of halogens is 1. The van der Waals surface area contributed by atoms with Crippen LogP contribution in [0.2, 0.25) is 5.02 Å². The van der Waals surface area contributed by atoms with E-state index in [1.165, 1.54) is 0 Å². The zero-order valence-corrected chi connectivity index (χ0v) is 18.2. The SMILES string of the molecule is Oc1c(Cl)c(N=CCCN2CCN(c3nc4ccccc4o3)CC2)c(O)c2ccccc12. The summed E-state index contributed by atoms with van der Waals surface area (Å²) in [5, 5.41) is 22.0. The molecule has 1 aliphatic heterocycles. The predicted octanol–water partition coefficient (Wildman–Crippen LogP) is 4.96. The summed E-state index contributed by atoms with van der Waals surface area (Å²) in [6.45, 7) is 4.32. The summed E-state index contributed by atoms with van der Waals surface area (Å²) in [7, 11) is 0. The molecular weight excluding hydrogens is 428 g/mol. The summed E-state index contributed by atoms with van der Waals surface area (Å²) in [6.07, 6.45) is 2.44. The minimum absolute atomic E-state index is 0.0217. The standard InChI is InChI=1S/C24H23ClN4O3/c25-20-21(23(31)17-7-2-1-6-16(17)22(20)30)26-10-5-11-28-12-14-29(15-13-28)24-27-18-8-3-4-9-19(18)32-24/h1-4,6-10,30-31H,5,11-15H2. The lowest BCUT2D eigenvalue weighted by molar-refractivity contribution is 0.261. The quantitative estimate of drug-likeness (QED) is 0.330. The Balaban J connectivity index is 1.19. The van der Waals surface area contributed by atoms with E-state index < -0.39 is 0 Å². The molecule has 5 rings (SSSR count). The molecule has 0 bridgehead atoms. The number of phenolic OH excluding ortho intramolecular Hbond substituents is 2.